The number of fused-ring (bicyclic) bond motifs is 6. The lowest BCUT2D eigenvalue weighted by molar-refractivity contribution is -0.247. The Balaban J connectivity index is 0.000000203. The summed E-state index contributed by atoms with van der Waals surface area (Å²) < 4.78 is 34.1. The molecule has 0 radical (unpaired) electrons. The fraction of sp³-hybridized carbons (Fsp3) is 0.444. The number of rotatable bonds is 9. The second-order valence-corrected chi connectivity index (χ2v) is 20.3. The maximum absolute atomic E-state index is 13.6. The van der Waals surface area contributed by atoms with Crippen molar-refractivity contribution in [3.63, 3.8) is 0 Å². The van der Waals surface area contributed by atoms with Gasteiger partial charge in [-0.3, -0.25) is 28.8 Å². The number of carbonyl (C=O) groups is 6. The van der Waals surface area contributed by atoms with Gasteiger partial charge in [-0.2, -0.15) is 0 Å². The minimum Gasteiger partial charge on any atom is -0.507 e. The monoisotopic (exact) mass is 1110 g/mol. The Bertz CT molecular complexity index is 3160. The maximum atomic E-state index is 13.6. The summed E-state index contributed by atoms with van der Waals surface area (Å²) in [5, 5.41) is 97.8. The van der Waals surface area contributed by atoms with Crippen molar-refractivity contribution in [2.45, 2.75) is 132 Å². The van der Waals surface area contributed by atoms with Gasteiger partial charge in [0.15, 0.2) is 35.7 Å². The predicted octanol–water partition coefficient (Wildman–Crippen LogP) is 1.45. The SMILES string of the molecule is COc1cccc2c1C(=O)c1c(O)c3c(c(O)c1C2=O)C[C@@](O)(C(=O)CO)C[C@@H]3O[C@H]1C[C@H](N)[C@H](O)[C@H](C)O1.COc1cccc2c1C(=O)c1c(O)c3c(c(O)c1C2=O)C[C@@](O)(C(C)=O)C[C@@H]3O[C@H]1C[C@H](N)[C@H](O)[C@H](C)O1.Cl. The Kier molecular flexibility index (Phi) is 15.8. The summed E-state index contributed by atoms with van der Waals surface area (Å²) in [6.45, 7) is 3.35. The minimum atomic E-state index is -2.24. The molecule has 10 rings (SSSR count). The molecule has 4 aromatic rings. The van der Waals surface area contributed by atoms with Gasteiger partial charge in [-0.15, -0.1) is 12.4 Å². The smallest absolute Gasteiger partial charge is 0.202 e. The number of phenolic OH excluding ortho intramolecular Hbond substituents is 4. The van der Waals surface area contributed by atoms with E-state index >= 15 is 0 Å². The number of Topliss-reactive ketones (excluding diaryl/α,β-unsaturated/α-hetero) is 2. The number of methoxy groups -OCH3 is 2. The first-order chi connectivity index (χ1) is 36.3. The number of ketones is 6. The third-order valence-corrected chi connectivity index (χ3v) is 15.6. The van der Waals surface area contributed by atoms with Gasteiger partial charge >= 0.3 is 0 Å². The highest BCUT2D eigenvalue weighted by Crippen LogP contribution is 2.55. The van der Waals surface area contributed by atoms with Crippen molar-refractivity contribution in [2.24, 2.45) is 11.5 Å². The number of hydrogen-bond acceptors (Lipinski definition) is 23. The number of aliphatic hydroxyl groups excluding tert-OH is 3. The number of aliphatic hydroxyl groups is 5. The Morgan fingerprint density at radius 2 is 0.987 bits per heavy atom. The van der Waals surface area contributed by atoms with Gasteiger partial charge in [-0.1, -0.05) is 24.3 Å². The molecule has 2 heterocycles. The van der Waals surface area contributed by atoms with E-state index in [1.54, 1.807) is 13.8 Å². The van der Waals surface area contributed by atoms with Crippen LogP contribution in [-0.2, 0) is 41.4 Å². The second kappa shape index (κ2) is 21.3. The number of phenols is 4. The molecule has 418 valence electrons. The highest BCUT2D eigenvalue weighted by molar-refractivity contribution is 6.32. The average Bonchev–Trinajstić information content (AvgIpc) is 3.32. The molecule has 0 saturated carbocycles. The van der Waals surface area contributed by atoms with Crippen LogP contribution in [-0.4, -0.2) is 162 Å². The topological polar surface area (TPSA) is 392 Å². The van der Waals surface area contributed by atoms with Crippen LogP contribution in [0.5, 0.6) is 34.5 Å². The maximum Gasteiger partial charge on any atom is 0.202 e. The molecule has 4 aliphatic carbocycles. The normalized spacial score (nSPS) is 29.7. The molecule has 2 saturated heterocycles. The van der Waals surface area contributed by atoms with Crippen molar-refractivity contribution in [3.8, 4) is 34.5 Å². The summed E-state index contributed by atoms with van der Waals surface area (Å²) in [7, 11) is 2.66. The molecule has 0 aromatic heterocycles. The van der Waals surface area contributed by atoms with E-state index in [4.69, 9.17) is 39.9 Å². The van der Waals surface area contributed by atoms with Gasteiger partial charge in [0.05, 0.1) is 84.2 Å². The first-order valence-electron chi connectivity index (χ1n) is 24.7. The summed E-state index contributed by atoms with van der Waals surface area (Å²) in [4.78, 5) is 79.3. The van der Waals surface area contributed by atoms with E-state index < -0.39 is 178 Å². The van der Waals surface area contributed by atoms with E-state index in [9.17, 15) is 74.7 Å². The van der Waals surface area contributed by atoms with Crippen molar-refractivity contribution in [1.82, 2.24) is 0 Å². The zero-order chi connectivity index (χ0) is 56.1. The number of carbonyl (C=O) groups excluding carboxylic acids is 6. The highest BCUT2D eigenvalue weighted by Gasteiger charge is 2.52. The molecular weight excluding hydrogens is 1050 g/mol. The molecule has 4 aromatic carbocycles. The zero-order valence-electron chi connectivity index (χ0n) is 42.7. The van der Waals surface area contributed by atoms with E-state index in [-0.39, 0.29) is 87.7 Å². The van der Waals surface area contributed by atoms with E-state index in [0.717, 1.165) is 0 Å². The first kappa shape index (κ1) is 57.7. The van der Waals surface area contributed by atoms with Crippen LogP contribution in [0.2, 0.25) is 0 Å². The molecule has 0 unspecified atom stereocenters. The lowest BCUT2D eigenvalue weighted by Crippen LogP contribution is -2.53. The quantitative estimate of drug-likeness (QED) is 0.0913. The molecule has 0 spiro atoms. The average molecular weight is 1110 g/mol. The molecule has 24 heteroatoms. The Morgan fingerprint density at radius 1 is 0.615 bits per heavy atom. The second-order valence-electron chi connectivity index (χ2n) is 20.3. The molecule has 0 amide bonds. The van der Waals surface area contributed by atoms with E-state index in [1.807, 2.05) is 0 Å². The molecule has 78 heavy (non-hydrogen) atoms. The lowest BCUT2D eigenvalue weighted by Gasteiger charge is -2.42. The summed E-state index contributed by atoms with van der Waals surface area (Å²) in [6, 6.07) is 7.38. The third-order valence-electron chi connectivity index (χ3n) is 15.6. The first-order valence-corrected chi connectivity index (χ1v) is 24.7. The van der Waals surface area contributed by atoms with Crippen LogP contribution in [0.15, 0.2) is 36.4 Å². The van der Waals surface area contributed by atoms with E-state index in [2.05, 4.69) is 0 Å². The number of nitrogens with two attached hydrogens (primary N) is 2. The third kappa shape index (κ3) is 9.29. The van der Waals surface area contributed by atoms with Crippen molar-refractivity contribution in [3.05, 3.63) is 103 Å². The number of benzene rings is 4. The molecule has 13 N–H and O–H groups in total. The van der Waals surface area contributed by atoms with Crippen LogP contribution >= 0.6 is 12.4 Å². The van der Waals surface area contributed by atoms with Crippen LogP contribution in [0, 0.1) is 0 Å². The van der Waals surface area contributed by atoms with Gasteiger partial charge in [0, 0.05) is 84.0 Å². The van der Waals surface area contributed by atoms with Crippen molar-refractivity contribution in [1.29, 1.82) is 0 Å². The molecule has 2 fully saturated rings. The summed E-state index contributed by atoms with van der Waals surface area (Å²) >= 11 is 0. The Labute approximate surface area is 450 Å². The fourth-order valence-corrected chi connectivity index (χ4v) is 11.4. The van der Waals surface area contributed by atoms with Crippen LogP contribution in [0.4, 0.5) is 0 Å². The predicted molar refractivity (Wildman–Crippen MR) is 269 cm³/mol. The fourth-order valence-electron chi connectivity index (χ4n) is 11.4. The van der Waals surface area contributed by atoms with Crippen LogP contribution in [0.3, 0.4) is 0 Å². The standard InChI is InChI=1S/C27H29NO11.C27H29NO10.ClH/c1-10-22(31)13(28)6-17(38-10)39-15-8-27(36,16(30)9-29)7-12-19(15)26(35)21-20(24(12)33)23(32)11-4-3-5-14(37-2)18(11)25(21)34;1-10-22(30)14(28)7-17(37-10)38-16-9-27(35,11(2)29)8-13-19(16)26(34)21-20(24(13)32)23(31)12-5-4-6-15(36-3)18(12)25(21)33;/h3-5,10,13,15,17,22,29,31,33,35-36H,6-9,28H2,1-2H3;4-6,10,14,16-17,22,30,32,34-35H,7-9,28H2,1-3H3;1H/t10-,13-,15-,17-,22+,27-;10-,14-,16-,17-,22+,27-;/m00./s1. The van der Waals surface area contributed by atoms with Gasteiger partial charge < -0.3 is 85.8 Å². The zero-order valence-corrected chi connectivity index (χ0v) is 43.5. The molecular formula is C54H59ClN2O21. The Hall–Kier alpha value is -6.45. The van der Waals surface area contributed by atoms with Gasteiger partial charge in [0.2, 0.25) is 11.6 Å². The Morgan fingerprint density at radius 3 is 1.35 bits per heavy atom. The van der Waals surface area contributed by atoms with Crippen molar-refractivity contribution >= 4 is 47.1 Å². The van der Waals surface area contributed by atoms with Gasteiger partial charge in [-0.25, -0.2) is 0 Å². The number of aromatic hydroxyl groups is 4. The highest BCUT2D eigenvalue weighted by atomic mass is 35.5. The summed E-state index contributed by atoms with van der Waals surface area (Å²) in [6.07, 6.45) is -9.65. The minimum absolute atomic E-state index is 0. The molecule has 0 bridgehead atoms. The van der Waals surface area contributed by atoms with Gasteiger partial charge in [0.1, 0.15) is 52.3 Å². The molecule has 23 nitrogen and oxygen atoms in total. The molecule has 12 atom stereocenters. The van der Waals surface area contributed by atoms with E-state index in [1.165, 1.54) is 57.5 Å². The lowest BCUT2D eigenvalue weighted by atomic mass is 9.72. The largest absolute Gasteiger partial charge is 0.507 e. The van der Waals surface area contributed by atoms with Gasteiger partial charge in [0.25, 0.3) is 0 Å². The summed E-state index contributed by atoms with van der Waals surface area (Å²) in [5.41, 5.74) is 5.35. The number of hydrogen-bond donors (Lipinski definition) is 11. The van der Waals surface area contributed by atoms with Gasteiger partial charge in [-0.05, 0) is 32.9 Å². The number of halogens is 1. The van der Waals surface area contributed by atoms with Crippen LogP contribution < -0.4 is 20.9 Å². The number of ether oxygens (including phenoxy) is 6. The van der Waals surface area contributed by atoms with Crippen LogP contribution in [0.25, 0.3) is 0 Å². The van der Waals surface area contributed by atoms with Crippen molar-refractivity contribution < 1.29 is 103 Å². The van der Waals surface area contributed by atoms with Crippen molar-refractivity contribution in [2.75, 3.05) is 20.8 Å². The van der Waals surface area contributed by atoms with Crippen LogP contribution in [0.1, 0.15) is 145 Å². The molecule has 6 aliphatic rings. The summed E-state index contributed by atoms with van der Waals surface area (Å²) in [5.74, 6) is -6.95. The van der Waals surface area contributed by atoms with E-state index in [0.29, 0.717) is 0 Å². The molecule has 2 aliphatic heterocycles.